The Morgan fingerprint density at radius 2 is 1.67 bits per heavy atom. The number of halogens is 2. The van der Waals surface area contributed by atoms with E-state index in [2.05, 4.69) is 10.6 Å². The highest BCUT2D eigenvalue weighted by Crippen LogP contribution is 2.27. The number of hydrogen-bond acceptors (Lipinski definition) is 4. The first-order chi connectivity index (χ1) is 17.2. The summed E-state index contributed by atoms with van der Waals surface area (Å²) in [6.45, 7) is 0.298. The van der Waals surface area contributed by atoms with Gasteiger partial charge in [0.1, 0.15) is 5.82 Å². The lowest BCUT2D eigenvalue weighted by Crippen LogP contribution is -2.42. The molecule has 194 valence electrons. The fourth-order valence-corrected chi connectivity index (χ4v) is 6.79. The molecule has 4 rings (SSSR count). The van der Waals surface area contributed by atoms with Gasteiger partial charge in [0, 0.05) is 35.6 Å². The molecular formula is C26H31ClFN3O4S. The Hall–Kier alpha value is -2.49. The maximum atomic E-state index is 14.1. The van der Waals surface area contributed by atoms with Crippen LogP contribution in [0.5, 0.6) is 0 Å². The summed E-state index contributed by atoms with van der Waals surface area (Å²) >= 11 is 6.00. The number of anilines is 1. The zero-order valence-corrected chi connectivity index (χ0v) is 21.6. The lowest BCUT2D eigenvalue weighted by atomic mass is 9.95. The predicted octanol–water partition coefficient (Wildman–Crippen LogP) is 4.72. The monoisotopic (exact) mass is 535 g/mol. The first kappa shape index (κ1) is 26.6. The zero-order valence-electron chi connectivity index (χ0n) is 20.0. The lowest BCUT2D eigenvalue weighted by Gasteiger charge is -2.31. The molecule has 2 fully saturated rings. The second-order valence-corrected chi connectivity index (χ2v) is 11.8. The number of piperidine rings is 1. The van der Waals surface area contributed by atoms with Gasteiger partial charge in [-0.05, 0) is 49.9 Å². The number of para-hydroxylation sites is 1. The standard InChI is InChI=1S/C26H31ClFN3O4S/c27-22-10-6-11-23(28)21(22)17-36(34,35)31-15-13-18(14-16-31)25(32)30-24-12-5-4-9-20(24)26(33)29-19-7-2-1-3-8-19/h4-6,9-12,18-19H,1-3,7-8,13-17H2,(H,29,33)(H,30,32). The molecule has 2 aromatic carbocycles. The molecule has 0 radical (unpaired) electrons. The van der Waals surface area contributed by atoms with E-state index in [1.807, 2.05) is 0 Å². The van der Waals surface area contributed by atoms with Crippen LogP contribution in [-0.4, -0.2) is 43.7 Å². The van der Waals surface area contributed by atoms with Gasteiger partial charge in [-0.25, -0.2) is 17.1 Å². The summed E-state index contributed by atoms with van der Waals surface area (Å²) in [6.07, 6.45) is 5.97. The van der Waals surface area contributed by atoms with Gasteiger partial charge in [0.2, 0.25) is 15.9 Å². The summed E-state index contributed by atoms with van der Waals surface area (Å²) in [6, 6.07) is 11.1. The molecule has 0 spiro atoms. The number of carbonyl (C=O) groups is 2. The average Bonchev–Trinajstić information content (AvgIpc) is 2.87. The van der Waals surface area contributed by atoms with Crippen LogP contribution < -0.4 is 10.6 Å². The van der Waals surface area contributed by atoms with Gasteiger partial charge >= 0.3 is 0 Å². The van der Waals surface area contributed by atoms with E-state index in [4.69, 9.17) is 11.6 Å². The van der Waals surface area contributed by atoms with Crippen molar-refractivity contribution in [3.63, 3.8) is 0 Å². The van der Waals surface area contributed by atoms with Gasteiger partial charge in [0.25, 0.3) is 5.91 Å². The average molecular weight is 536 g/mol. The van der Waals surface area contributed by atoms with Gasteiger partial charge in [-0.2, -0.15) is 0 Å². The summed E-state index contributed by atoms with van der Waals surface area (Å²) < 4.78 is 41.1. The smallest absolute Gasteiger partial charge is 0.253 e. The third-order valence-electron chi connectivity index (χ3n) is 6.98. The fraction of sp³-hybridized carbons (Fsp3) is 0.462. The Morgan fingerprint density at radius 1 is 0.972 bits per heavy atom. The Kier molecular flexibility index (Phi) is 8.64. The third-order valence-corrected chi connectivity index (χ3v) is 9.14. The molecule has 2 aliphatic rings. The van der Waals surface area contributed by atoms with Gasteiger partial charge in [-0.1, -0.05) is 49.1 Å². The van der Waals surface area contributed by atoms with E-state index in [1.165, 1.54) is 28.9 Å². The number of rotatable bonds is 7. The number of nitrogens with zero attached hydrogens (tertiary/aromatic N) is 1. The molecule has 2 aromatic rings. The molecule has 1 saturated heterocycles. The van der Waals surface area contributed by atoms with Crippen LogP contribution in [0.25, 0.3) is 0 Å². The molecule has 0 bridgehead atoms. The van der Waals surface area contributed by atoms with Crippen LogP contribution in [0.4, 0.5) is 10.1 Å². The lowest BCUT2D eigenvalue weighted by molar-refractivity contribution is -0.120. The van der Waals surface area contributed by atoms with Crippen molar-refractivity contribution in [2.24, 2.45) is 5.92 Å². The quantitative estimate of drug-likeness (QED) is 0.536. The summed E-state index contributed by atoms with van der Waals surface area (Å²) in [5.74, 6) is -2.04. The number of amides is 2. The van der Waals surface area contributed by atoms with Crippen molar-refractivity contribution < 1.29 is 22.4 Å². The SMILES string of the molecule is O=C(NC1CCCCC1)c1ccccc1NC(=O)C1CCN(S(=O)(=O)Cc2c(F)cccc2Cl)CC1. The molecule has 36 heavy (non-hydrogen) atoms. The fourth-order valence-electron chi connectivity index (χ4n) is 4.88. The number of carbonyl (C=O) groups excluding carboxylic acids is 2. The van der Waals surface area contributed by atoms with Crippen molar-refractivity contribution in [2.75, 3.05) is 18.4 Å². The van der Waals surface area contributed by atoms with Crippen LogP contribution in [0.3, 0.4) is 0 Å². The van der Waals surface area contributed by atoms with Gasteiger partial charge < -0.3 is 10.6 Å². The first-order valence-corrected chi connectivity index (χ1v) is 14.3. The summed E-state index contributed by atoms with van der Waals surface area (Å²) in [5.41, 5.74) is 0.806. The summed E-state index contributed by atoms with van der Waals surface area (Å²) in [5, 5.41) is 6.02. The number of sulfonamides is 1. The van der Waals surface area contributed by atoms with Crippen molar-refractivity contribution in [1.82, 2.24) is 9.62 Å². The van der Waals surface area contributed by atoms with E-state index >= 15 is 0 Å². The van der Waals surface area contributed by atoms with Gasteiger partial charge in [-0.3, -0.25) is 9.59 Å². The Bertz CT molecular complexity index is 1190. The molecule has 2 N–H and O–H groups in total. The number of nitrogens with one attached hydrogen (secondary N) is 2. The highest BCUT2D eigenvalue weighted by atomic mass is 35.5. The molecule has 0 unspecified atom stereocenters. The molecule has 1 heterocycles. The molecule has 1 aliphatic carbocycles. The van der Waals surface area contributed by atoms with Crippen molar-refractivity contribution in [1.29, 1.82) is 0 Å². The molecule has 1 aliphatic heterocycles. The molecule has 0 atom stereocenters. The Morgan fingerprint density at radius 3 is 2.36 bits per heavy atom. The molecule has 7 nitrogen and oxygen atoms in total. The van der Waals surface area contributed by atoms with Crippen LogP contribution in [-0.2, 0) is 20.6 Å². The second-order valence-electron chi connectivity index (χ2n) is 9.47. The molecule has 0 aromatic heterocycles. The van der Waals surface area contributed by atoms with Crippen molar-refractivity contribution >= 4 is 39.1 Å². The van der Waals surface area contributed by atoms with E-state index < -0.39 is 27.5 Å². The van der Waals surface area contributed by atoms with E-state index in [1.54, 1.807) is 24.3 Å². The summed E-state index contributed by atoms with van der Waals surface area (Å²) in [7, 11) is -3.80. The van der Waals surface area contributed by atoms with Crippen LogP contribution >= 0.6 is 11.6 Å². The predicted molar refractivity (Wildman–Crippen MR) is 138 cm³/mol. The largest absolute Gasteiger partial charge is 0.349 e. The molecule has 10 heteroatoms. The first-order valence-electron chi connectivity index (χ1n) is 12.4. The highest BCUT2D eigenvalue weighted by molar-refractivity contribution is 7.88. The summed E-state index contributed by atoms with van der Waals surface area (Å²) in [4.78, 5) is 25.9. The number of benzene rings is 2. The minimum absolute atomic E-state index is 0.0536. The molecular weight excluding hydrogens is 505 g/mol. The van der Waals surface area contributed by atoms with Crippen molar-refractivity contribution in [3.8, 4) is 0 Å². The van der Waals surface area contributed by atoms with Crippen LogP contribution in [0.2, 0.25) is 5.02 Å². The van der Waals surface area contributed by atoms with Gasteiger partial charge in [-0.15, -0.1) is 0 Å². The van der Waals surface area contributed by atoms with Crippen molar-refractivity contribution in [3.05, 3.63) is 64.4 Å². The Balaban J connectivity index is 1.35. The van der Waals surface area contributed by atoms with E-state index in [0.717, 1.165) is 25.7 Å². The van der Waals surface area contributed by atoms with Crippen LogP contribution in [0.1, 0.15) is 60.9 Å². The van der Waals surface area contributed by atoms with E-state index in [0.29, 0.717) is 24.1 Å². The van der Waals surface area contributed by atoms with Crippen LogP contribution in [0, 0.1) is 11.7 Å². The molecule has 1 saturated carbocycles. The maximum absolute atomic E-state index is 14.1. The van der Waals surface area contributed by atoms with Crippen molar-refractivity contribution in [2.45, 2.75) is 56.7 Å². The Labute approximate surface area is 216 Å². The van der Waals surface area contributed by atoms with Gasteiger partial charge in [0.15, 0.2) is 0 Å². The van der Waals surface area contributed by atoms with E-state index in [-0.39, 0.29) is 41.5 Å². The third kappa shape index (κ3) is 6.44. The normalized spacial score (nSPS) is 18.1. The maximum Gasteiger partial charge on any atom is 0.253 e. The molecule has 2 amide bonds. The topological polar surface area (TPSA) is 95.6 Å². The zero-order chi connectivity index (χ0) is 25.7. The van der Waals surface area contributed by atoms with Gasteiger partial charge in [0.05, 0.1) is 17.0 Å². The second kappa shape index (κ2) is 11.7. The van der Waals surface area contributed by atoms with Crippen LogP contribution in [0.15, 0.2) is 42.5 Å². The minimum atomic E-state index is -3.80. The number of hydrogen-bond donors (Lipinski definition) is 2. The highest BCUT2D eigenvalue weighted by Gasteiger charge is 2.32. The minimum Gasteiger partial charge on any atom is -0.349 e. The van der Waals surface area contributed by atoms with E-state index in [9.17, 15) is 22.4 Å².